The first kappa shape index (κ1) is 16.0. The van der Waals surface area contributed by atoms with Crippen molar-refractivity contribution in [2.24, 2.45) is 0 Å². The molecule has 0 atom stereocenters. The van der Waals surface area contributed by atoms with Gasteiger partial charge in [-0.05, 0) is 46.5 Å². The fourth-order valence-corrected chi connectivity index (χ4v) is 4.62. The van der Waals surface area contributed by atoms with E-state index in [4.69, 9.17) is 0 Å². The molecule has 128 valence electrons. The SMILES string of the molecule is O=c1c2ccc(-c3ccccc3)cc2sc2cc(-c3ccccc3)ccc12. The fourth-order valence-electron chi connectivity index (χ4n) is 3.47. The lowest BCUT2D eigenvalue weighted by molar-refractivity contribution is 1.64. The Morgan fingerprint density at radius 2 is 0.926 bits per heavy atom. The number of rotatable bonds is 2. The maximum atomic E-state index is 13.0. The highest BCUT2D eigenvalue weighted by molar-refractivity contribution is 7.24. The van der Waals surface area contributed by atoms with Gasteiger partial charge in [-0.3, -0.25) is 4.79 Å². The minimum absolute atomic E-state index is 0.109. The zero-order chi connectivity index (χ0) is 18.2. The number of hydrogen-bond donors (Lipinski definition) is 0. The summed E-state index contributed by atoms with van der Waals surface area (Å²) in [5.41, 5.74) is 4.71. The van der Waals surface area contributed by atoms with Crippen molar-refractivity contribution in [2.45, 2.75) is 0 Å². The number of hydrogen-bond acceptors (Lipinski definition) is 2. The Morgan fingerprint density at radius 1 is 0.481 bits per heavy atom. The summed E-state index contributed by atoms with van der Waals surface area (Å²) >= 11 is 1.68. The van der Waals surface area contributed by atoms with Gasteiger partial charge in [0, 0.05) is 20.2 Å². The van der Waals surface area contributed by atoms with Crippen LogP contribution in [-0.2, 0) is 0 Å². The lowest BCUT2D eigenvalue weighted by Gasteiger charge is -2.07. The van der Waals surface area contributed by atoms with Gasteiger partial charge in [0.25, 0.3) is 0 Å². The Hall–Kier alpha value is -3.23. The molecule has 0 aliphatic carbocycles. The summed E-state index contributed by atoms with van der Waals surface area (Å²) in [6.07, 6.45) is 0. The quantitative estimate of drug-likeness (QED) is 0.317. The summed E-state index contributed by atoms with van der Waals surface area (Å²) in [5, 5.41) is 1.58. The first-order chi connectivity index (χ1) is 13.3. The zero-order valence-electron chi connectivity index (χ0n) is 14.6. The third-order valence-corrected chi connectivity index (χ3v) is 6.00. The maximum Gasteiger partial charge on any atom is 0.195 e. The van der Waals surface area contributed by atoms with Crippen LogP contribution in [0, 0.1) is 0 Å². The average molecular weight is 364 g/mol. The normalized spacial score (nSPS) is 11.1. The second kappa shape index (κ2) is 6.49. The van der Waals surface area contributed by atoms with Crippen LogP contribution in [0.25, 0.3) is 42.4 Å². The topological polar surface area (TPSA) is 17.1 Å². The second-order valence-corrected chi connectivity index (χ2v) is 7.67. The Kier molecular flexibility index (Phi) is 3.84. The van der Waals surface area contributed by atoms with Crippen molar-refractivity contribution in [1.29, 1.82) is 0 Å². The smallest absolute Gasteiger partial charge is 0.195 e. The van der Waals surface area contributed by atoms with E-state index in [2.05, 4.69) is 36.4 Å². The second-order valence-electron chi connectivity index (χ2n) is 6.59. The van der Waals surface area contributed by atoms with E-state index in [1.165, 1.54) is 0 Å². The molecule has 0 amide bonds. The Labute approximate surface area is 161 Å². The van der Waals surface area contributed by atoms with E-state index in [0.717, 1.165) is 42.4 Å². The van der Waals surface area contributed by atoms with Crippen LogP contribution in [0.2, 0.25) is 0 Å². The van der Waals surface area contributed by atoms with Crippen LogP contribution >= 0.6 is 11.3 Å². The largest absolute Gasteiger partial charge is 0.289 e. The summed E-state index contributed by atoms with van der Waals surface area (Å²) in [6, 6.07) is 32.8. The molecule has 1 aromatic heterocycles. The Bertz CT molecular complexity index is 1220. The van der Waals surface area contributed by atoms with Crippen LogP contribution in [0.5, 0.6) is 0 Å². The van der Waals surface area contributed by atoms with Crippen molar-refractivity contribution >= 4 is 31.5 Å². The molecule has 5 rings (SSSR count). The molecule has 2 heteroatoms. The van der Waals surface area contributed by atoms with Crippen molar-refractivity contribution in [3.05, 3.63) is 107 Å². The molecule has 27 heavy (non-hydrogen) atoms. The standard InChI is InChI=1S/C25H16OS/c26-25-21-13-11-19(17-7-3-1-4-8-17)15-23(21)27-24-16-20(12-14-22(24)25)18-9-5-2-6-10-18/h1-16H. The van der Waals surface area contributed by atoms with E-state index in [1.807, 2.05) is 60.7 Å². The van der Waals surface area contributed by atoms with Crippen molar-refractivity contribution in [2.75, 3.05) is 0 Å². The molecular weight excluding hydrogens is 348 g/mol. The zero-order valence-corrected chi connectivity index (χ0v) is 15.4. The summed E-state index contributed by atoms with van der Waals surface area (Å²) < 4.78 is 2.05. The number of fused-ring (bicyclic) bond motifs is 2. The van der Waals surface area contributed by atoms with Crippen molar-refractivity contribution in [1.82, 2.24) is 0 Å². The van der Waals surface area contributed by atoms with Gasteiger partial charge in [-0.1, -0.05) is 72.8 Å². The third-order valence-electron chi connectivity index (χ3n) is 4.89. The van der Waals surface area contributed by atoms with Crippen LogP contribution in [0.1, 0.15) is 0 Å². The van der Waals surface area contributed by atoms with Gasteiger partial charge in [-0.2, -0.15) is 0 Å². The van der Waals surface area contributed by atoms with E-state index in [1.54, 1.807) is 11.3 Å². The molecule has 0 aliphatic heterocycles. The van der Waals surface area contributed by atoms with Gasteiger partial charge in [0.1, 0.15) is 0 Å². The molecule has 0 saturated carbocycles. The molecule has 5 aromatic rings. The lowest BCUT2D eigenvalue weighted by atomic mass is 10.0. The highest BCUT2D eigenvalue weighted by Crippen LogP contribution is 2.31. The molecule has 0 bridgehead atoms. The minimum atomic E-state index is 0.109. The molecule has 0 spiro atoms. The summed E-state index contributed by atoms with van der Waals surface area (Å²) in [7, 11) is 0. The molecule has 1 heterocycles. The van der Waals surface area contributed by atoms with Crippen molar-refractivity contribution < 1.29 is 0 Å². The van der Waals surface area contributed by atoms with Crippen LogP contribution in [0.15, 0.2) is 102 Å². The summed E-state index contributed by atoms with van der Waals surface area (Å²) in [4.78, 5) is 13.0. The van der Waals surface area contributed by atoms with Crippen molar-refractivity contribution in [3.8, 4) is 22.3 Å². The van der Waals surface area contributed by atoms with Gasteiger partial charge in [0.2, 0.25) is 0 Å². The van der Waals surface area contributed by atoms with E-state index in [-0.39, 0.29) is 5.43 Å². The summed E-state index contributed by atoms with van der Waals surface area (Å²) in [5.74, 6) is 0. The molecular formula is C25H16OS. The third kappa shape index (κ3) is 2.84. The Morgan fingerprint density at radius 3 is 1.37 bits per heavy atom. The van der Waals surface area contributed by atoms with Crippen LogP contribution in [0.4, 0.5) is 0 Å². The Balaban J connectivity index is 1.74. The van der Waals surface area contributed by atoms with Gasteiger partial charge in [-0.25, -0.2) is 0 Å². The predicted octanol–water partition coefficient (Wildman–Crippen LogP) is 6.75. The minimum Gasteiger partial charge on any atom is -0.289 e. The van der Waals surface area contributed by atoms with Gasteiger partial charge in [0.15, 0.2) is 5.43 Å². The van der Waals surface area contributed by atoms with Gasteiger partial charge >= 0.3 is 0 Å². The highest BCUT2D eigenvalue weighted by atomic mass is 32.1. The van der Waals surface area contributed by atoms with E-state index >= 15 is 0 Å². The van der Waals surface area contributed by atoms with Crippen LogP contribution < -0.4 is 5.43 Å². The average Bonchev–Trinajstić information content (AvgIpc) is 2.74. The van der Waals surface area contributed by atoms with E-state index < -0.39 is 0 Å². The molecule has 0 N–H and O–H groups in total. The summed E-state index contributed by atoms with van der Waals surface area (Å²) in [6.45, 7) is 0. The molecule has 0 unspecified atom stereocenters. The highest BCUT2D eigenvalue weighted by Gasteiger charge is 2.09. The molecule has 0 radical (unpaired) electrons. The molecule has 4 aromatic carbocycles. The van der Waals surface area contributed by atoms with Gasteiger partial charge < -0.3 is 0 Å². The molecule has 1 nitrogen and oxygen atoms in total. The van der Waals surface area contributed by atoms with Gasteiger partial charge in [-0.15, -0.1) is 11.3 Å². The van der Waals surface area contributed by atoms with E-state index in [0.29, 0.717) is 0 Å². The van der Waals surface area contributed by atoms with Gasteiger partial charge in [0.05, 0.1) is 0 Å². The maximum absolute atomic E-state index is 13.0. The molecule has 0 saturated heterocycles. The monoisotopic (exact) mass is 364 g/mol. The fraction of sp³-hybridized carbons (Fsp3) is 0. The lowest BCUT2D eigenvalue weighted by Crippen LogP contribution is -2.01. The molecule has 0 fully saturated rings. The predicted molar refractivity (Wildman–Crippen MR) is 116 cm³/mol. The molecule has 0 aliphatic rings. The van der Waals surface area contributed by atoms with Crippen LogP contribution in [-0.4, -0.2) is 0 Å². The van der Waals surface area contributed by atoms with Crippen molar-refractivity contribution in [3.63, 3.8) is 0 Å². The van der Waals surface area contributed by atoms with E-state index in [9.17, 15) is 4.79 Å². The van der Waals surface area contributed by atoms with Crippen LogP contribution in [0.3, 0.4) is 0 Å². The first-order valence-corrected chi connectivity index (χ1v) is 9.73. The number of benzene rings is 4. The first-order valence-electron chi connectivity index (χ1n) is 8.91.